The van der Waals surface area contributed by atoms with Crippen molar-refractivity contribution in [2.75, 3.05) is 5.32 Å². The van der Waals surface area contributed by atoms with Gasteiger partial charge in [-0.25, -0.2) is 0 Å². The molecule has 98 valence electrons. The second-order valence-electron chi connectivity index (χ2n) is 3.74. The van der Waals surface area contributed by atoms with Gasteiger partial charge in [0.15, 0.2) is 0 Å². The zero-order chi connectivity index (χ0) is 14.0. The van der Waals surface area contributed by atoms with Crippen LogP contribution in [0.5, 0.6) is 5.75 Å². The Morgan fingerprint density at radius 2 is 1.79 bits per heavy atom. The summed E-state index contributed by atoms with van der Waals surface area (Å²) in [7, 11) is 0. The van der Waals surface area contributed by atoms with Crippen LogP contribution in [0, 0.1) is 0 Å². The minimum atomic E-state index is 0.0685. The van der Waals surface area contributed by atoms with E-state index in [1.165, 1.54) is 0 Å². The number of thiocarbonyl (C=S) groups is 1. The maximum atomic E-state index is 9.97. The summed E-state index contributed by atoms with van der Waals surface area (Å²) in [6, 6.07) is 10.8. The molecule has 2 nitrogen and oxygen atoms in total. The van der Waals surface area contributed by atoms with E-state index in [2.05, 4.69) is 37.2 Å². The highest BCUT2D eigenvalue weighted by molar-refractivity contribution is 9.10. The molecule has 2 aromatic carbocycles. The van der Waals surface area contributed by atoms with Crippen molar-refractivity contribution in [3.8, 4) is 5.75 Å². The molecule has 0 saturated heterocycles. The molecule has 6 heteroatoms. The number of aromatic hydroxyl groups is 1. The molecule has 0 bridgehead atoms. The summed E-state index contributed by atoms with van der Waals surface area (Å²) in [5.74, 6) is 0.0685. The van der Waals surface area contributed by atoms with Crippen molar-refractivity contribution >= 4 is 66.4 Å². The molecule has 0 aliphatic heterocycles. The van der Waals surface area contributed by atoms with Crippen LogP contribution in [0.1, 0.15) is 5.56 Å². The summed E-state index contributed by atoms with van der Waals surface area (Å²) in [6.45, 7) is 0. The van der Waals surface area contributed by atoms with Crippen LogP contribution in [0.3, 0.4) is 0 Å². The lowest BCUT2D eigenvalue weighted by Gasteiger charge is -2.11. The van der Waals surface area contributed by atoms with Crippen LogP contribution in [-0.4, -0.2) is 10.1 Å². The number of anilines is 1. The fourth-order valence-corrected chi connectivity index (χ4v) is 2.82. The van der Waals surface area contributed by atoms with Gasteiger partial charge in [-0.2, -0.15) is 0 Å². The Labute approximate surface area is 138 Å². The van der Waals surface area contributed by atoms with Crippen LogP contribution in [0.15, 0.2) is 45.3 Å². The first-order valence-corrected chi connectivity index (χ1v) is 7.59. The van der Waals surface area contributed by atoms with Gasteiger partial charge in [-0.15, -0.1) is 0 Å². The predicted octanol–water partition coefficient (Wildman–Crippen LogP) is 5.36. The first kappa shape index (κ1) is 14.8. The lowest BCUT2D eigenvalue weighted by Crippen LogP contribution is -2.10. The van der Waals surface area contributed by atoms with Gasteiger partial charge in [0, 0.05) is 15.2 Å². The molecule has 0 radical (unpaired) electrons. The number of halogens is 3. The fourth-order valence-electron chi connectivity index (χ4n) is 1.47. The largest absolute Gasteiger partial charge is 0.506 e. The van der Waals surface area contributed by atoms with Crippen LogP contribution < -0.4 is 5.32 Å². The lowest BCUT2D eigenvalue weighted by molar-refractivity contribution is 0.471. The van der Waals surface area contributed by atoms with Crippen molar-refractivity contribution in [3.05, 3.63) is 55.9 Å². The van der Waals surface area contributed by atoms with E-state index in [1.807, 2.05) is 24.3 Å². The van der Waals surface area contributed by atoms with Gasteiger partial charge in [0.25, 0.3) is 0 Å². The number of hydrogen-bond donors (Lipinski definition) is 2. The van der Waals surface area contributed by atoms with Gasteiger partial charge >= 0.3 is 0 Å². The predicted molar refractivity (Wildman–Crippen MR) is 90.3 cm³/mol. The van der Waals surface area contributed by atoms with Crippen molar-refractivity contribution in [3.63, 3.8) is 0 Å². The Kier molecular flexibility index (Phi) is 4.84. The van der Waals surface area contributed by atoms with Gasteiger partial charge in [-0.3, -0.25) is 0 Å². The second-order valence-corrected chi connectivity index (χ2v) is 6.36. The van der Waals surface area contributed by atoms with E-state index >= 15 is 0 Å². The van der Waals surface area contributed by atoms with Crippen molar-refractivity contribution < 1.29 is 5.11 Å². The minimum absolute atomic E-state index is 0.0685. The molecule has 0 spiro atoms. The number of phenolic OH excluding ortho intramolecular Hbond substituents is 1. The maximum Gasteiger partial charge on any atom is 0.140 e. The molecule has 0 amide bonds. The molecule has 2 rings (SSSR count). The van der Waals surface area contributed by atoms with Crippen LogP contribution in [0.4, 0.5) is 5.69 Å². The average Bonchev–Trinajstić information content (AvgIpc) is 2.36. The highest BCUT2D eigenvalue weighted by Gasteiger charge is 2.12. The topological polar surface area (TPSA) is 32.3 Å². The lowest BCUT2D eigenvalue weighted by atomic mass is 10.2. The highest BCUT2D eigenvalue weighted by atomic mass is 79.9. The van der Waals surface area contributed by atoms with E-state index in [4.69, 9.17) is 23.8 Å². The number of hydrogen-bond acceptors (Lipinski definition) is 2. The zero-order valence-corrected chi connectivity index (χ0v) is 14.2. The van der Waals surface area contributed by atoms with E-state index < -0.39 is 0 Å². The van der Waals surface area contributed by atoms with Gasteiger partial charge < -0.3 is 10.4 Å². The molecule has 0 fully saturated rings. The van der Waals surface area contributed by atoms with Crippen LogP contribution in [0.2, 0.25) is 5.02 Å². The molecule has 0 heterocycles. The standard InChI is InChI=1S/C13H8Br2ClNOS/c14-7-1-3-9(4-2-7)17-13(19)10-5-8(16)6-11(15)12(10)18/h1-6,18H,(H,17,19). The van der Waals surface area contributed by atoms with Gasteiger partial charge in [-0.05, 0) is 52.3 Å². The quantitative estimate of drug-likeness (QED) is 0.641. The summed E-state index contributed by atoms with van der Waals surface area (Å²) in [4.78, 5) is 0.406. The number of nitrogens with one attached hydrogen (secondary N) is 1. The van der Waals surface area contributed by atoms with E-state index in [0.717, 1.165) is 10.2 Å². The Morgan fingerprint density at radius 3 is 2.42 bits per heavy atom. The molecule has 0 unspecified atom stereocenters. The Morgan fingerprint density at radius 1 is 1.16 bits per heavy atom. The van der Waals surface area contributed by atoms with Crippen LogP contribution in [-0.2, 0) is 0 Å². The van der Waals surface area contributed by atoms with Gasteiger partial charge in [0.1, 0.15) is 10.7 Å². The van der Waals surface area contributed by atoms with E-state index in [0.29, 0.717) is 20.0 Å². The van der Waals surface area contributed by atoms with Gasteiger partial charge in [0.05, 0.1) is 10.0 Å². The summed E-state index contributed by atoms with van der Waals surface area (Å²) in [5, 5.41) is 13.5. The van der Waals surface area contributed by atoms with E-state index in [1.54, 1.807) is 12.1 Å². The Hall–Kier alpha value is -0.620. The van der Waals surface area contributed by atoms with Crippen molar-refractivity contribution in [2.45, 2.75) is 0 Å². The maximum absolute atomic E-state index is 9.97. The molecule has 2 N–H and O–H groups in total. The second kappa shape index (κ2) is 6.22. The normalized spacial score (nSPS) is 10.3. The average molecular weight is 422 g/mol. The van der Waals surface area contributed by atoms with Crippen LogP contribution >= 0.6 is 55.7 Å². The van der Waals surface area contributed by atoms with Crippen molar-refractivity contribution in [2.24, 2.45) is 0 Å². The van der Waals surface area contributed by atoms with Crippen molar-refractivity contribution in [1.29, 1.82) is 0 Å². The molecular formula is C13H8Br2ClNOS. The SMILES string of the molecule is Oc1c(Br)cc(Cl)cc1C(=S)Nc1ccc(Br)cc1. The van der Waals surface area contributed by atoms with Crippen LogP contribution in [0.25, 0.3) is 0 Å². The molecule has 0 aliphatic rings. The third kappa shape index (κ3) is 3.69. The Bertz CT molecular complexity index is 631. The summed E-state index contributed by atoms with van der Waals surface area (Å²) >= 11 is 17.8. The zero-order valence-electron chi connectivity index (χ0n) is 9.45. The summed E-state index contributed by atoms with van der Waals surface area (Å²) in [6.07, 6.45) is 0. The number of phenols is 1. The van der Waals surface area contributed by atoms with E-state index in [9.17, 15) is 5.11 Å². The highest BCUT2D eigenvalue weighted by Crippen LogP contribution is 2.32. The van der Waals surface area contributed by atoms with E-state index in [-0.39, 0.29) is 5.75 Å². The molecular weight excluding hydrogens is 413 g/mol. The summed E-state index contributed by atoms with van der Waals surface area (Å²) in [5.41, 5.74) is 1.32. The molecule has 0 aromatic heterocycles. The smallest absolute Gasteiger partial charge is 0.140 e. The molecule has 0 aliphatic carbocycles. The Balaban J connectivity index is 2.27. The third-order valence-electron chi connectivity index (χ3n) is 2.37. The van der Waals surface area contributed by atoms with Gasteiger partial charge in [0.2, 0.25) is 0 Å². The molecule has 2 aromatic rings. The minimum Gasteiger partial charge on any atom is -0.506 e. The molecule has 0 atom stereocenters. The molecule has 0 saturated carbocycles. The van der Waals surface area contributed by atoms with Crippen molar-refractivity contribution in [1.82, 2.24) is 0 Å². The first-order valence-electron chi connectivity index (χ1n) is 5.22. The number of rotatable bonds is 2. The monoisotopic (exact) mass is 419 g/mol. The van der Waals surface area contributed by atoms with Gasteiger partial charge in [-0.1, -0.05) is 39.7 Å². The fraction of sp³-hybridized carbons (Fsp3) is 0. The summed E-state index contributed by atoms with van der Waals surface area (Å²) < 4.78 is 1.49. The molecule has 19 heavy (non-hydrogen) atoms. The number of benzene rings is 2. The first-order chi connectivity index (χ1) is 8.97. The third-order valence-corrected chi connectivity index (χ3v) is 4.05.